The number of aromatic amines is 2. The summed E-state index contributed by atoms with van der Waals surface area (Å²) in [6.45, 7) is 2.23. The van der Waals surface area contributed by atoms with Gasteiger partial charge in [0.15, 0.2) is 5.12 Å². The number of nitrogens with zero attached hydrogens (tertiary/aromatic N) is 2. The van der Waals surface area contributed by atoms with Gasteiger partial charge < -0.3 is 5.32 Å². The molecule has 0 saturated heterocycles. The number of amides is 1. The van der Waals surface area contributed by atoms with Crippen molar-refractivity contribution >= 4 is 44.6 Å². The lowest BCUT2D eigenvalue weighted by atomic mass is 10.1. The van der Waals surface area contributed by atoms with E-state index in [2.05, 4.69) is 25.7 Å². The van der Waals surface area contributed by atoms with Crippen molar-refractivity contribution in [2.45, 2.75) is 32.6 Å². The molecule has 0 spiro atoms. The van der Waals surface area contributed by atoms with Crippen LogP contribution < -0.4 is 5.32 Å². The van der Waals surface area contributed by atoms with E-state index in [9.17, 15) is 9.59 Å². The number of carbonyl (C=O) groups is 2. The summed E-state index contributed by atoms with van der Waals surface area (Å²) in [5.74, 6) is 0.738. The van der Waals surface area contributed by atoms with Gasteiger partial charge in [0.1, 0.15) is 11.2 Å². The number of hydrogen-bond acceptors (Lipinski definition) is 5. The lowest BCUT2D eigenvalue weighted by Crippen LogP contribution is -2.25. The summed E-state index contributed by atoms with van der Waals surface area (Å²) in [6.07, 6.45) is 5.78. The van der Waals surface area contributed by atoms with Gasteiger partial charge in [-0.25, -0.2) is 0 Å². The molecule has 132 valence electrons. The van der Waals surface area contributed by atoms with Crippen molar-refractivity contribution in [3.63, 3.8) is 0 Å². The molecule has 25 heavy (non-hydrogen) atoms. The van der Waals surface area contributed by atoms with E-state index in [1.165, 1.54) is 11.8 Å². The zero-order chi connectivity index (χ0) is 17.6. The van der Waals surface area contributed by atoms with E-state index in [1.807, 2.05) is 12.1 Å². The average Bonchev–Trinajstić information content (AvgIpc) is 3.22. The summed E-state index contributed by atoms with van der Waals surface area (Å²) < 4.78 is 0. The van der Waals surface area contributed by atoms with Crippen LogP contribution in [0.5, 0.6) is 0 Å². The number of rotatable bonds is 8. The Morgan fingerprint density at radius 2 is 1.96 bits per heavy atom. The molecule has 3 aromatic rings. The third-order valence-electron chi connectivity index (χ3n) is 4.03. The van der Waals surface area contributed by atoms with Crippen molar-refractivity contribution in [1.29, 1.82) is 0 Å². The van der Waals surface area contributed by atoms with Gasteiger partial charge >= 0.3 is 0 Å². The van der Waals surface area contributed by atoms with Crippen molar-refractivity contribution in [2.75, 3.05) is 12.3 Å². The molecule has 1 aromatic carbocycles. The van der Waals surface area contributed by atoms with Crippen LogP contribution in [0.4, 0.5) is 0 Å². The Kier molecular flexibility index (Phi) is 5.70. The summed E-state index contributed by atoms with van der Waals surface area (Å²) in [5, 5.41) is 18.8. The number of benzene rings is 1. The molecule has 2 aromatic heterocycles. The Bertz CT molecular complexity index is 886. The van der Waals surface area contributed by atoms with E-state index < -0.39 is 0 Å². The van der Waals surface area contributed by atoms with Crippen LogP contribution in [0.15, 0.2) is 18.3 Å². The maximum Gasteiger partial charge on any atom is 0.269 e. The minimum absolute atomic E-state index is 0.141. The molecule has 0 fully saturated rings. The molecule has 0 aliphatic rings. The number of H-pyrrole nitrogens is 2. The maximum atomic E-state index is 12.4. The molecule has 0 unspecified atom stereocenters. The fraction of sp³-hybridized carbons (Fsp3) is 0.412. The van der Waals surface area contributed by atoms with E-state index in [4.69, 9.17) is 0 Å². The van der Waals surface area contributed by atoms with E-state index >= 15 is 0 Å². The van der Waals surface area contributed by atoms with Crippen molar-refractivity contribution in [3.05, 3.63) is 24.0 Å². The van der Waals surface area contributed by atoms with Crippen LogP contribution in [0.25, 0.3) is 21.8 Å². The summed E-state index contributed by atoms with van der Waals surface area (Å²) in [6, 6.07) is 3.77. The zero-order valence-corrected chi connectivity index (χ0v) is 14.9. The number of hydrogen-bond donors (Lipinski definition) is 3. The van der Waals surface area contributed by atoms with E-state index in [-0.39, 0.29) is 11.0 Å². The smallest absolute Gasteiger partial charge is 0.269 e. The first kappa shape index (κ1) is 17.5. The molecule has 1 amide bonds. The first-order chi connectivity index (χ1) is 12.2. The number of unbranched alkanes of at least 4 members (excludes halogenated alkanes) is 3. The summed E-state index contributed by atoms with van der Waals surface area (Å²) >= 11 is 1.37. The lowest BCUT2D eigenvalue weighted by Gasteiger charge is -2.04. The zero-order valence-electron chi connectivity index (χ0n) is 14.1. The molecule has 0 aliphatic heterocycles. The number of fused-ring (bicyclic) bond motifs is 3. The van der Waals surface area contributed by atoms with Crippen LogP contribution in [0, 0.1) is 0 Å². The van der Waals surface area contributed by atoms with Crippen LogP contribution in [0.2, 0.25) is 0 Å². The number of nitrogens with one attached hydrogen (secondary N) is 3. The molecule has 0 atom stereocenters. The molecule has 8 heteroatoms. The van der Waals surface area contributed by atoms with Crippen LogP contribution in [-0.4, -0.2) is 43.7 Å². The first-order valence-electron chi connectivity index (χ1n) is 8.38. The van der Waals surface area contributed by atoms with Crippen LogP contribution in [0.1, 0.15) is 43.1 Å². The minimum atomic E-state index is -0.141. The highest BCUT2D eigenvalue weighted by molar-refractivity contribution is 8.13. The van der Waals surface area contributed by atoms with E-state index in [0.717, 1.165) is 53.2 Å². The Morgan fingerprint density at radius 3 is 2.80 bits per heavy atom. The molecule has 3 N–H and O–H groups in total. The normalized spacial score (nSPS) is 11.2. The fourth-order valence-electron chi connectivity index (χ4n) is 2.76. The van der Waals surface area contributed by atoms with Crippen molar-refractivity contribution in [3.8, 4) is 0 Å². The first-order valence-corrected chi connectivity index (χ1v) is 9.37. The molecule has 0 radical (unpaired) electrons. The van der Waals surface area contributed by atoms with Gasteiger partial charge in [0, 0.05) is 30.0 Å². The van der Waals surface area contributed by atoms with Gasteiger partial charge in [-0.1, -0.05) is 24.6 Å². The predicted molar refractivity (Wildman–Crippen MR) is 99.7 cm³/mol. The maximum absolute atomic E-state index is 12.4. The summed E-state index contributed by atoms with van der Waals surface area (Å²) in [7, 11) is 0. The van der Waals surface area contributed by atoms with Crippen LogP contribution in [-0.2, 0) is 4.79 Å². The van der Waals surface area contributed by atoms with Crippen LogP contribution in [0.3, 0.4) is 0 Å². The Hall–Kier alpha value is -2.35. The fourth-order valence-corrected chi connectivity index (χ4v) is 3.39. The van der Waals surface area contributed by atoms with Gasteiger partial charge in [-0.3, -0.25) is 19.8 Å². The van der Waals surface area contributed by atoms with E-state index in [1.54, 1.807) is 13.1 Å². The Balaban J connectivity index is 1.47. The van der Waals surface area contributed by atoms with Crippen molar-refractivity contribution in [1.82, 2.24) is 25.7 Å². The largest absolute Gasteiger partial charge is 0.351 e. The van der Waals surface area contributed by atoms with Gasteiger partial charge in [-0.2, -0.15) is 10.2 Å². The SMILES string of the molecule is CC(=O)SCCCCCCNC(=O)c1[nH]nc2c1ccc1[nH]ncc12. The van der Waals surface area contributed by atoms with E-state index in [0.29, 0.717) is 12.2 Å². The molecule has 7 nitrogen and oxygen atoms in total. The second-order valence-electron chi connectivity index (χ2n) is 5.90. The van der Waals surface area contributed by atoms with Crippen molar-refractivity contribution in [2.24, 2.45) is 0 Å². The number of aromatic nitrogens is 4. The molecule has 0 aliphatic carbocycles. The number of carbonyl (C=O) groups excluding carboxylic acids is 2. The van der Waals surface area contributed by atoms with Gasteiger partial charge in [-0.05, 0) is 25.0 Å². The molecule has 0 saturated carbocycles. The summed E-state index contributed by atoms with van der Waals surface area (Å²) in [5.41, 5.74) is 2.13. The van der Waals surface area contributed by atoms with Crippen LogP contribution >= 0.6 is 11.8 Å². The highest BCUT2D eigenvalue weighted by atomic mass is 32.2. The molecule has 2 heterocycles. The predicted octanol–water partition coefficient (Wildman–Crippen LogP) is 3.01. The number of thioether (sulfide) groups is 1. The topological polar surface area (TPSA) is 104 Å². The van der Waals surface area contributed by atoms with Gasteiger partial charge in [0.25, 0.3) is 5.91 Å². The van der Waals surface area contributed by atoms with Gasteiger partial charge in [-0.15, -0.1) is 0 Å². The second-order valence-corrected chi connectivity index (χ2v) is 7.17. The monoisotopic (exact) mass is 359 g/mol. The molecule has 0 bridgehead atoms. The minimum Gasteiger partial charge on any atom is -0.351 e. The Labute approximate surface area is 149 Å². The molecular formula is C17H21N5O2S. The molecular weight excluding hydrogens is 338 g/mol. The second kappa shape index (κ2) is 8.15. The summed E-state index contributed by atoms with van der Waals surface area (Å²) in [4.78, 5) is 23.2. The third-order valence-corrected chi connectivity index (χ3v) is 4.93. The van der Waals surface area contributed by atoms with Crippen molar-refractivity contribution < 1.29 is 9.59 Å². The van der Waals surface area contributed by atoms with Gasteiger partial charge in [0.05, 0.1) is 11.7 Å². The standard InChI is InChI=1S/C17H21N5O2S/c1-11(23)25-9-5-3-2-4-8-18-17(24)16-12-6-7-14-13(10-19-20-14)15(12)21-22-16/h6-7,10H,2-5,8-9H2,1H3,(H,18,24)(H,19,20)(H,21,22). The Morgan fingerprint density at radius 1 is 1.12 bits per heavy atom. The van der Waals surface area contributed by atoms with Gasteiger partial charge in [0.2, 0.25) is 0 Å². The highest BCUT2D eigenvalue weighted by Crippen LogP contribution is 2.24. The lowest BCUT2D eigenvalue weighted by molar-refractivity contribution is -0.109. The highest BCUT2D eigenvalue weighted by Gasteiger charge is 2.15. The quantitative estimate of drug-likeness (QED) is 0.536. The third kappa shape index (κ3) is 4.19. The average molecular weight is 359 g/mol. The molecule has 3 rings (SSSR count).